The summed E-state index contributed by atoms with van der Waals surface area (Å²) in [6, 6.07) is 9.53. The molecule has 3 aromatic rings. The SMILES string of the molecule is N#Cc1ccc2c(C(=O)c3cc(F)cc(F)c3)c[nH]c2c1. The fraction of sp³-hybridized carbons (Fsp3) is 0. The van der Waals surface area contributed by atoms with Crippen molar-refractivity contribution in [2.75, 3.05) is 0 Å². The van der Waals surface area contributed by atoms with E-state index in [1.807, 2.05) is 6.07 Å². The van der Waals surface area contributed by atoms with E-state index >= 15 is 0 Å². The number of carbonyl (C=O) groups excluding carboxylic acids is 1. The van der Waals surface area contributed by atoms with E-state index in [2.05, 4.69) is 4.98 Å². The largest absolute Gasteiger partial charge is 0.360 e. The maximum Gasteiger partial charge on any atom is 0.195 e. The lowest BCUT2D eigenvalue weighted by atomic mass is 10.0. The van der Waals surface area contributed by atoms with Crippen LogP contribution in [0.5, 0.6) is 0 Å². The van der Waals surface area contributed by atoms with Gasteiger partial charge in [-0.1, -0.05) is 6.07 Å². The molecule has 0 radical (unpaired) electrons. The van der Waals surface area contributed by atoms with Crippen molar-refractivity contribution in [3.05, 3.63) is 70.9 Å². The Labute approximate surface area is 118 Å². The van der Waals surface area contributed by atoms with Crippen LogP contribution in [0, 0.1) is 23.0 Å². The van der Waals surface area contributed by atoms with Crippen molar-refractivity contribution >= 4 is 16.7 Å². The van der Waals surface area contributed by atoms with E-state index in [-0.39, 0.29) is 5.56 Å². The summed E-state index contributed by atoms with van der Waals surface area (Å²) in [7, 11) is 0. The van der Waals surface area contributed by atoms with Crippen LogP contribution in [0.2, 0.25) is 0 Å². The number of aromatic nitrogens is 1. The molecule has 3 nitrogen and oxygen atoms in total. The summed E-state index contributed by atoms with van der Waals surface area (Å²) >= 11 is 0. The summed E-state index contributed by atoms with van der Waals surface area (Å²) < 4.78 is 26.4. The molecule has 0 fully saturated rings. The number of nitrogens with one attached hydrogen (secondary N) is 1. The topological polar surface area (TPSA) is 56.6 Å². The van der Waals surface area contributed by atoms with E-state index in [0.29, 0.717) is 28.1 Å². The Balaban J connectivity index is 2.12. The number of rotatable bonds is 2. The standard InChI is InChI=1S/C16H8F2N2O/c17-11-4-10(5-12(18)6-11)16(21)14-8-20-15-3-9(7-19)1-2-13(14)15/h1-6,8,20H. The van der Waals surface area contributed by atoms with Crippen molar-refractivity contribution in [3.8, 4) is 6.07 Å². The molecule has 5 heteroatoms. The predicted octanol–water partition coefficient (Wildman–Crippen LogP) is 3.55. The first-order valence-corrected chi connectivity index (χ1v) is 6.10. The van der Waals surface area contributed by atoms with Crippen LogP contribution in [-0.2, 0) is 0 Å². The Bertz CT molecular complexity index is 886. The minimum atomic E-state index is -0.801. The molecule has 0 unspecified atom stereocenters. The molecule has 102 valence electrons. The van der Waals surface area contributed by atoms with Gasteiger partial charge in [0, 0.05) is 34.3 Å². The molecule has 21 heavy (non-hydrogen) atoms. The molecule has 0 saturated heterocycles. The second-order valence-corrected chi connectivity index (χ2v) is 4.56. The van der Waals surface area contributed by atoms with Crippen LogP contribution in [0.1, 0.15) is 21.5 Å². The van der Waals surface area contributed by atoms with Gasteiger partial charge in [0.15, 0.2) is 5.78 Å². The van der Waals surface area contributed by atoms with Crippen molar-refractivity contribution < 1.29 is 13.6 Å². The predicted molar refractivity (Wildman–Crippen MR) is 72.8 cm³/mol. The summed E-state index contributed by atoms with van der Waals surface area (Å²) in [5.41, 5.74) is 1.33. The zero-order valence-corrected chi connectivity index (χ0v) is 10.7. The van der Waals surface area contributed by atoms with Crippen molar-refractivity contribution in [3.63, 3.8) is 0 Å². The highest BCUT2D eigenvalue weighted by Crippen LogP contribution is 2.23. The average Bonchev–Trinajstić information content (AvgIpc) is 2.88. The Kier molecular flexibility index (Phi) is 2.99. The molecule has 0 amide bonds. The maximum atomic E-state index is 13.2. The Morgan fingerprint density at radius 1 is 1.10 bits per heavy atom. The molecular formula is C16H8F2N2O. The maximum absolute atomic E-state index is 13.2. The second-order valence-electron chi connectivity index (χ2n) is 4.56. The van der Waals surface area contributed by atoms with Crippen LogP contribution in [0.25, 0.3) is 10.9 Å². The van der Waals surface area contributed by atoms with Gasteiger partial charge in [0.1, 0.15) is 11.6 Å². The molecule has 0 atom stereocenters. The number of nitrogens with zero attached hydrogens (tertiary/aromatic N) is 1. The molecule has 0 spiro atoms. The number of aromatic amines is 1. The van der Waals surface area contributed by atoms with Crippen molar-refractivity contribution in [2.24, 2.45) is 0 Å². The molecule has 0 bridgehead atoms. The van der Waals surface area contributed by atoms with Gasteiger partial charge in [-0.3, -0.25) is 4.79 Å². The fourth-order valence-corrected chi connectivity index (χ4v) is 2.22. The zero-order chi connectivity index (χ0) is 15.0. The molecule has 0 aliphatic heterocycles. The molecule has 1 N–H and O–H groups in total. The van der Waals surface area contributed by atoms with Crippen LogP contribution in [0.4, 0.5) is 8.78 Å². The quantitative estimate of drug-likeness (QED) is 0.731. The highest BCUT2D eigenvalue weighted by atomic mass is 19.1. The van der Waals surface area contributed by atoms with E-state index in [1.165, 1.54) is 6.20 Å². The third-order valence-electron chi connectivity index (χ3n) is 3.18. The third-order valence-corrected chi connectivity index (χ3v) is 3.18. The number of benzene rings is 2. The summed E-state index contributed by atoms with van der Waals surface area (Å²) in [5.74, 6) is -2.08. The molecule has 2 aromatic carbocycles. The number of H-pyrrole nitrogens is 1. The summed E-state index contributed by atoms with van der Waals surface area (Å²) in [5, 5.41) is 9.44. The number of nitriles is 1. The summed E-state index contributed by atoms with van der Waals surface area (Å²) in [6.07, 6.45) is 1.47. The number of hydrogen-bond donors (Lipinski definition) is 1. The van der Waals surface area contributed by atoms with Gasteiger partial charge in [0.05, 0.1) is 11.6 Å². The monoisotopic (exact) mass is 282 g/mol. The lowest BCUT2D eigenvalue weighted by Gasteiger charge is -2.01. The smallest absolute Gasteiger partial charge is 0.195 e. The van der Waals surface area contributed by atoms with Gasteiger partial charge in [-0.05, 0) is 24.3 Å². The van der Waals surface area contributed by atoms with Crippen LogP contribution in [-0.4, -0.2) is 10.8 Å². The minimum absolute atomic E-state index is 0.0576. The van der Waals surface area contributed by atoms with E-state index in [9.17, 15) is 13.6 Å². The Hall–Kier alpha value is -3.00. The van der Waals surface area contributed by atoms with Gasteiger partial charge in [-0.2, -0.15) is 5.26 Å². The molecule has 0 aliphatic rings. The molecule has 3 rings (SSSR count). The highest BCUT2D eigenvalue weighted by molar-refractivity contribution is 6.16. The number of carbonyl (C=O) groups is 1. The lowest BCUT2D eigenvalue weighted by Crippen LogP contribution is -2.02. The summed E-state index contributed by atoms with van der Waals surface area (Å²) in [4.78, 5) is 15.2. The zero-order valence-electron chi connectivity index (χ0n) is 10.7. The fourth-order valence-electron chi connectivity index (χ4n) is 2.22. The van der Waals surface area contributed by atoms with Crippen LogP contribution < -0.4 is 0 Å². The average molecular weight is 282 g/mol. The number of hydrogen-bond acceptors (Lipinski definition) is 2. The third kappa shape index (κ3) is 2.28. The Morgan fingerprint density at radius 3 is 2.48 bits per heavy atom. The minimum Gasteiger partial charge on any atom is -0.360 e. The molecule has 1 aromatic heterocycles. The van der Waals surface area contributed by atoms with Crippen LogP contribution >= 0.6 is 0 Å². The Morgan fingerprint density at radius 2 is 1.81 bits per heavy atom. The first-order chi connectivity index (χ1) is 10.1. The number of fused-ring (bicyclic) bond motifs is 1. The van der Waals surface area contributed by atoms with E-state index in [0.717, 1.165) is 12.1 Å². The summed E-state index contributed by atoms with van der Waals surface area (Å²) in [6.45, 7) is 0. The van der Waals surface area contributed by atoms with Gasteiger partial charge >= 0.3 is 0 Å². The van der Waals surface area contributed by atoms with Crippen molar-refractivity contribution in [1.82, 2.24) is 4.98 Å². The highest BCUT2D eigenvalue weighted by Gasteiger charge is 2.16. The van der Waals surface area contributed by atoms with Gasteiger partial charge in [-0.15, -0.1) is 0 Å². The van der Waals surface area contributed by atoms with E-state index in [4.69, 9.17) is 5.26 Å². The van der Waals surface area contributed by atoms with Crippen molar-refractivity contribution in [1.29, 1.82) is 5.26 Å². The van der Waals surface area contributed by atoms with Gasteiger partial charge in [0.25, 0.3) is 0 Å². The van der Waals surface area contributed by atoms with Crippen LogP contribution in [0.15, 0.2) is 42.6 Å². The van der Waals surface area contributed by atoms with E-state index < -0.39 is 17.4 Å². The van der Waals surface area contributed by atoms with Crippen molar-refractivity contribution in [2.45, 2.75) is 0 Å². The lowest BCUT2D eigenvalue weighted by molar-refractivity contribution is 0.103. The van der Waals surface area contributed by atoms with Gasteiger partial charge in [-0.25, -0.2) is 8.78 Å². The first-order valence-electron chi connectivity index (χ1n) is 6.10. The number of halogens is 2. The van der Waals surface area contributed by atoms with E-state index in [1.54, 1.807) is 18.2 Å². The number of ketones is 1. The second kappa shape index (κ2) is 4.84. The molecule has 0 saturated carbocycles. The molecule has 1 heterocycles. The first kappa shape index (κ1) is 13.0. The normalized spacial score (nSPS) is 10.5. The molecule has 0 aliphatic carbocycles. The van der Waals surface area contributed by atoms with Gasteiger partial charge in [0.2, 0.25) is 0 Å². The van der Waals surface area contributed by atoms with Gasteiger partial charge < -0.3 is 4.98 Å². The molecular weight excluding hydrogens is 274 g/mol. The van der Waals surface area contributed by atoms with Crippen LogP contribution in [0.3, 0.4) is 0 Å².